The van der Waals surface area contributed by atoms with Gasteiger partial charge in [0, 0.05) is 51.5 Å². The van der Waals surface area contributed by atoms with Crippen LogP contribution < -0.4 is 15.4 Å². The van der Waals surface area contributed by atoms with Crippen molar-refractivity contribution in [1.29, 1.82) is 0 Å². The first-order valence-corrected chi connectivity index (χ1v) is 14.5. The van der Waals surface area contributed by atoms with Gasteiger partial charge in [-0.2, -0.15) is 0 Å². The van der Waals surface area contributed by atoms with Crippen molar-refractivity contribution >= 4 is 18.0 Å². The van der Waals surface area contributed by atoms with Crippen molar-refractivity contribution in [2.45, 2.75) is 39.7 Å². The Bertz CT molecular complexity index is 1230. The average Bonchev–Trinajstić information content (AvgIpc) is 3.22. The lowest BCUT2D eigenvalue weighted by molar-refractivity contribution is -0.139. The Hall–Kier alpha value is -4.05. The Morgan fingerprint density at radius 3 is 2.49 bits per heavy atom. The molecule has 220 valence electrons. The monoisotopic (exact) mass is 563 g/mol. The van der Waals surface area contributed by atoms with Gasteiger partial charge in [0.25, 0.3) is 0 Å². The minimum Gasteiger partial charge on any atom is -0.463 e. The van der Waals surface area contributed by atoms with Crippen molar-refractivity contribution in [3.8, 4) is 11.5 Å². The maximum atomic E-state index is 13.5. The zero-order chi connectivity index (χ0) is 29.2. The van der Waals surface area contributed by atoms with Crippen molar-refractivity contribution in [2.75, 3.05) is 52.4 Å². The van der Waals surface area contributed by atoms with Gasteiger partial charge in [0.05, 0.1) is 18.2 Å². The summed E-state index contributed by atoms with van der Waals surface area (Å²) in [5.74, 6) is 0.824. The standard InChI is InChI=1S/C31H41N5O5/c1-4-16-32-30(38)35-18-11-17-34(19-20-35)22-26-27(29(37)40-6-3)28(33-31(39)36(26)5-2)23-12-10-15-25(21-23)41-24-13-8-7-9-14-24/h7-10,12-15,21,28H,4-6,11,16-20,22H2,1-3H3,(H,32,38)(H,33,39)/t28-/m1/s1. The Morgan fingerprint density at radius 1 is 0.976 bits per heavy atom. The number of hydrogen-bond donors (Lipinski definition) is 2. The summed E-state index contributed by atoms with van der Waals surface area (Å²) < 4.78 is 11.6. The quantitative estimate of drug-likeness (QED) is 0.413. The van der Waals surface area contributed by atoms with E-state index >= 15 is 0 Å². The van der Waals surface area contributed by atoms with Crippen molar-refractivity contribution in [1.82, 2.24) is 25.3 Å². The molecule has 0 aliphatic carbocycles. The predicted octanol–water partition coefficient (Wildman–Crippen LogP) is 4.51. The molecule has 1 fully saturated rings. The first-order chi connectivity index (χ1) is 19.9. The second-order valence-electron chi connectivity index (χ2n) is 10.0. The molecule has 0 bridgehead atoms. The number of carbonyl (C=O) groups excluding carboxylic acids is 3. The fourth-order valence-electron chi connectivity index (χ4n) is 5.18. The largest absolute Gasteiger partial charge is 0.463 e. The molecule has 0 aromatic heterocycles. The fourth-order valence-corrected chi connectivity index (χ4v) is 5.18. The van der Waals surface area contributed by atoms with Gasteiger partial charge in [-0.3, -0.25) is 9.80 Å². The molecule has 4 amide bonds. The van der Waals surface area contributed by atoms with Gasteiger partial charge in [0.15, 0.2) is 0 Å². The van der Waals surface area contributed by atoms with E-state index in [1.54, 1.807) is 11.8 Å². The van der Waals surface area contributed by atoms with Crippen LogP contribution in [-0.2, 0) is 9.53 Å². The van der Waals surface area contributed by atoms with Gasteiger partial charge >= 0.3 is 18.0 Å². The van der Waals surface area contributed by atoms with Crippen LogP contribution in [0.1, 0.15) is 45.2 Å². The molecule has 2 heterocycles. The van der Waals surface area contributed by atoms with Crippen LogP contribution in [-0.4, -0.2) is 85.2 Å². The lowest BCUT2D eigenvalue weighted by atomic mass is 9.94. The van der Waals surface area contributed by atoms with E-state index in [0.29, 0.717) is 62.0 Å². The number of benzene rings is 2. The number of hydrogen-bond acceptors (Lipinski definition) is 6. The molecule has 1 atom stereocenters. The number of nitrogens with one attached hydrogen (secondary N) is 2. The van der Waals surface area contributed by atoms with E-state index < -0.39 is 12.0 Å². The normalized spacial score (nSPS) is 18.0. The molecule has 10 heteroatoms. The first kappa shape index (κ1) is 29.9. The van der Waals surface area contributed by atoms with Gasteiger partial charge in [-0.05, 0) is 56.5 Å². The van der Waals surface area contributed by atoms with Gasteiger partial charge in [0.1, 0.15) is 11.5 Å². The Labute approximate surface area is 242 Å². The van der Waals surface area contributed by atoms with E-state index in [1.807, 2.05) is 73.3 Å². The van der Waals surface area contributed by atoms with Crippen molar-refractivity contribution in [2.24, 2.45) is 0 Å². The van der Waals surface area contributed by atoms with E-state index in [-0.39, 0.29) is 18.7 Å². The molecule has 2 aromatic rings. The van der Waals surface area contributed by atoms with Crippen LogP contribution >= 0.6 is 0 Å². The highest BCUT2D eigenvalue weighted by Crippen LogP contribution is 2.34. The van der Waals surface area contributed by atoms with Gasteiger partial charge < -0.3 is 25.0 Å². The number of amides is 4. The van der Waals surface area contributed by atoms with Crippen LogP contribution in [0.3, 0.4) is 0 Å². The summed E-state index contributed by atoms with van der Waals surface area (Å²) in [6, 6.07) is 15.8. The summed E-state index contributed by atoms with van der Waals surface area (Å²) in [5, 5.41) is 5.98. The highest BCUT2D eigenvalue weighted by molar-refractivity contribution is 5.95. The summed E-state index contributed by atoms with van der Waals surface area (Å²) in [6.07, 6.45) is 1.68. The number of carbonyl (C=O) groups is 3. The summed E-state index contributed by atoms with van der Waals surface area (Å²) >= 11 is 0. The van der Waals surface area contributed by atoms with E-state index in [0.717, 1.165) is 24.9 Å². The highest BCUT2D eigenvalue weighted by Gasteiger charge is 2.38. The topological polar surface area (TPSA) is 103 Å². The third kappa shape index (κ3) is 7.58. The summed E-state index contributed by atoms with van der Waals surface area (Å²) in [4.78, 5) is 45.1. The number of rotatable bonds is 10. The predicted molar refractivity (Wildman–Crippen MR) is 157 cm³/mol. The summed E-state index contributed by atoms with van der Waals surface area (Å²) in [5.41, 5.74) is 1.75. The van der Waals surface area contributed by atoms with Crippen molar-refractivity contribution in [3.63, 3.8) is 0 Å². The maximum Gasteiger partial charge on any atom is 0.338 e. The fraction of sp³-hybridized carbons (Fsp3) is 0.452. The molecule has 2 aliphatic heterocycles. The molecule has 1 saturated heterocycles. The van der Waals surface area contributed by atoms with Crippen LogP contribution in [0.2, 0.25) is 0 Å². The zero-order valence-electron chi connectivity index (χ0n) is 24.2. The van der Waals surface area contributed by atoms with Crippen LogP contribution in [0.4, 0.5) is 9.59 Å². The minimum absolute atomic E-state index is 0.0509. The molecule has 0 unspecified atom stereocenters. The van der Waals surface area contributed by atoms with Crippen LogP contribution in [0.25, 0.3) is 0 Å². The number of para-hydroxylation sites is 1. The Morgan fingerprint density at radius 2 is 1.76 bits per heavy atom. The second-order valence-corrected chi connectivity index (χ2v) is 10.0. The number of urea groups is 2. The number of esters is 1. The Kier molecular flexibility index (Phi) is 10.6. The molecule has 0 radical (unpaired) electrons. The van der Waals surface area contributed by atoms with Crippen LogP contribution in [0.5, 0.6) is 11.5 Å². The molecule has 2 aromatic carbocycles. The van der Waals surface area contributed by atoms with E-state index in [4.69, 9.17) is 9.47 Å². The zero-order valence-corrected chi connectivity index (χ0v) is 24.2. The highest BCUT2D eigenvalue weighted by atomic mass is 16.5. The molecule has 41 heavy (non-hydrogen) atoms. The minimum atomic E-state index is -0.707. The molecular formula is C31H41N5O5. The lowest BCUT2D eigenvalue weighted by Gasteiger charge is -2.38. The third-order valence-corrected chi connectivity index (χ3v) is 7.20. The average molecular weight is 564 g/mol. The van der Waals surface area contributed by atoms with Crippen LogP contribution in [0.15, 0.2) is 65.9 Å². The van der Waals surface area contributed by atoms with E-state index in [2.05, 4.69) is 15.5 Å². The van der Waals surface area contributed by atoms with Gasteiger partial charge in [-0.15, -0.1) is 0 Å². The first-order valence-electron chi connectivity index (χ1n) is 14.5. The molecule has 0 spiro atoms. The number of nitrogens with zero attached hydrogens (tertiary/aromatic N) is 3. The lowest BCUT2D eigenvalue weighted by Crippen LogP contribution is -2.51. The van der Waals surface area contributed by atoms with Crippen molar-refractivity contribution in [3.05, 3.63) is 71.4 Å². The van der Waals surface area contributed by atoms with Crippen LogP contribution in [0, 0.1) is 0 Å². The third-order valence-electron chi connectivity index (χ3n) is 7.20. The van der Waals surface area contributed by atoms with Gasteiger partial charge in [-0.1, -0.05) is 37.3 Å². The second kappa shape index (κ2) is 14.5. The van der Waals surface area contributed by atoms with Gasteiger partial charge in [0.2, 0.25) is 0 Å². The van der Waals surface area contributed by atoms with E-state index in [1.165, 1.54) is 0 Å². The number of likely N-dealkylation sites (N-methyl/N-ethyl adjacent to an activating group) is 1. The molecule has 10 nitrogen and oxygen atoms in total. The molecule has 4 rings (SSSR count). The molecular weight excluding hydrogens is 522 g/mol. The van der Waals surface area contributed by atoms with E-state index in [9.17, 15) is 14.4 Å². The molecule has 0 saturated carbocycles. The molecule has 2 N–H and O–H groups in total. The summed E-state index contributed by atoms with van der Waals surface area (Å²) in [7, 11) is 0. The molecule has 2 aliphatic rings. The van der Waals surface area contributed by atoms with Crippen molar-refractivity contribution < 1.29 is 23.9 Å². The summed E-state index contributed by atoms with van der Waals surface area (Å²) in [6.45, 7) is 9.92. The maximum absolute atomic E-state index is 13.5. The van der Waals surface area contributed by atoms with Gasteiger partial charge in [-0.25, -0.2) is 14.4 Å². The number of ether oxygens (including phenoxy) is 2. The smallest absolute Gasteiger partial charge is 0.338 e. The Balaban J connectivity index is 1.64. The SMILES string of the molecule is CCCNC(=O)N1CCCN(CC2=C(C(=O)OCC)[C@@H](c3cccc(Oc4ccccc4)c3)NC(=O)N2CC)CC1.